The van der Waals surface area contributed by atoms with Crippen LogP contribution in [0, 0.1) is 11.3 Å². The molecule has 7 rings (SSSR count). The van der Waals surface area contributed by atoms with Gasteiger partial charge in [0, 0.05) is 80.0 Å². The van der Waals surface area contributed by atoms with E-state index in [1.807, 2.05) is 18.2 Å². The molecule has 48 heavy (non-hydrogen) atoms. The highest BCUT2D eigenvalue weighted by Crippen LogP contribution is 2.34. The standard InChI is InChI=1S/C34H35F2N9O3/c1-22-17-43(28-18-47-19-28)12-13-45(22)27-5-3-26(4-6-27)41-33-40-21-39-31(42-33)23-2-7-29(25(14-23)15-37)48-30-9-11-44(20-34(30,35)36)32(46)24-8-10-38-16-24/h2-7,10,14,16,21-22,28,30H,8-9,11-13,17-20H2,1H3,(H,39,40,41,42)/t22-,30-/m0/s1. The van der Waals surface area contributed by atoms with E-state index in [2.05, 4.69) is 54.1 Å². The Kier molecular flexibility index (Phi) is 8.72. The van der Waals surface area contributed by atoms with Crippen LogP contribution in [0.5, 0.6) is 5.75 Å². The minimum atomic E-state index is -3.31. The van der Waals surface area contributed by atoms with Crippen LogP contribution < -0.4 is 15.0 Å². The van der Waals surface area contributed by atoms with Crippen LogP contribution in [0.15, 0.2) is 65.6 Å². The normalized spacial score (nSPS) is 22.5. The molecule has 3 saturated heterocycles. The van der Waals surface area contributed by atoms with E-state index in [0.717, 1.165) is 49.1 Å². The zero-order valence-electron chi connectivity index (χ0n) is 26.4. The monoisotopic (exact) mass is 655 g/mol. The number of aliphatic imine (C=N–C) groups is 1. The molecule has 0 radical (unpaired) electrons. The van der Waals surface area contributed by atoms with Gasteiger partial charge in [0.1, 0.15) is 18.1 Å². The summed E-state index contributed by atoms with van der Waals surface area (Å²) in [6.07, 6.45) is 3.09. The molecule has 0 unspecified atom stereocenters. The molecule has 14 heteroatoms. The lowest BCUT2D eigenvalue weighted by atomic mass is 10.0. The molecule has 0 bridgehead atoms. The average Bonchev–Trinajstić information content (AvgIpc) is 3.61. The number of nitriles is 1. The van der Waals surface area contributed by atoms with Crippen molar-refractivity contribution in [2.75, 3.05) is 56.2 Å². The second-order valence-corrected chi connectivity index (χ2v) is 12.4. The second-order valence-electron chi connectivity index (χ2n) is 12.4. The van der Waals surface area contributed by atoms with Gasteiger partial charge in [0.25, 0.3) is 5.91 Å². The molecule has 0 aliphatic carbocycles. The maximum atomic E-state index is 15.1. The number of alkyl halides is 2. The summed E-state index contributed by atoms with van der Waals surface area (Å²) < 4.78 is 41.4. The van der Waals surface area contributed by atoms with Crippen molar-refractivity contribution >= 4 is 29.4 Å². The number of aromatic nitrogens is 3. The van der Waals surface area contributed by atoms with Gasteiger partial charge >= 0.3 is 5.92 Å². The number of halogens is 2. The van der Waals surface area contributed by atoms with Crippen molar-refractivity contribution in [2.24, 2.45) is 4.99 Å². The Morgan fingerprint density at radius 2 is 1.96 bits per heavy atom. The Hall–Kier alpha value is -5.00. The van der Waals surface area contributed by atoms with E-state index in [9.17, 15) is 10.1 Å². The van der Waals surface area contributed by atoms with Gasteiger partial charge in [-0.05, 0) is 49.4 Å². The molecule has 3 fully saturated rings. The number of anilines is 3. The molecule has 5 heterocycles. The molecule has 2 atom stereocenters. The molecule has 12 nitrogen and oxygen atoms in total. The Morgan fingerprint density at radius 3 is 2.65 bits per heavy atom. The summed E-state index contributed by atoms with van der Waals surface area (Å²) in [5.41, 5.74) is 2.90. The van der Waals surface area contributed by atoms with Crippen molar-refractivity contribution in [3.63, 3.8) is 0 Å². The molecule has 1 N–H and O–H groups in total. The van der Waals surface area contributed by atoms with Gasteiger partial charge < -0.3 is 24.6 Å². The Balaban J connectivity index is 0.986. The molecule has 248 valence electrons. The number of ether oxygens (including phenoxy) is 2. The van der Waals surface area contributed by atoms with Gasteiger partial charge in [-0.2, -0.15) is 10.2 Å². The maximum Gasteiger partial charge on any atom is 0.301 e. The molecule has 0 saturated carbocycles. The third kappa shape index (κ3) is 6.56. The number of amides is 1. The first-order chi connectivity index (χ1) is 23.3. The van der Waals surface area contributed by atoms with Crippen LogP contribution in [-0.4, -0.2) is 107 Å². The number of carbonyl (C=O) groups is 1. The number of hydrogen-bond donors (Lipinski definition) is 1. The van der Waals surface area contributed by atoms with Crippen molar-refractivity contribution in [1.29, 1.82) is 5.26 Å². The van der Waals surface area contributed by atoms with Crippen LogP contribution >= 0.6 is 0 Å². The first kappa shape index (κ1) is 31.6. The fraction of sp³-hybridized carbons (Fsp3) is 0.412. The SMILES string of the molecule is C[C@H]1CN(C2COC2)CCN1c1ccc(Nc2ncnc(-c3ccc(O[C@H]4CCN(C(=O)C5=CN=CC5)CC4(F)F)c(C#N)c3)n2)cc1. The highest BCUT2D eigenvalue weighted by Gasteiger charge is 2.48. The third-order valence-corrected chi connectivity index (χ3v) is 9.19. The van der Waals surface area contributed by atoms with Gasteiger partial charge in [0.2, 0.25) is 5.95 Å². The van der Waals surface area contributed by atoms with E-state index in [0.29, 0.717) is 41.4 Å². The molecule has 1 aromatic heterocycles. The van der Waals surface area contributed by atoms with E-state index in [1.165, 1.54) is 24.7 Å². The highest BCUT2D eigenvalue weighted by molar-refractivity contribution is 5.98. The molecule has 1 amide bonds. The maximum absolute atomic E-state index is 15.1. The predicted molar refractivity (Wildman–Crippen MR) is 174 cm³/mol. The Bertz CT molecular complexity index is 1770. The van der Waals surface area contributed by atoms with E-state index in [-0.39, 0.29) is 24.3 Å². The predicted octanol–water partition coefficient (Wildman–Crippen LogP) is 4.04. The van der Waals surface area contributed by atoms with Crippen molar-refractivity contribution in [2.45, 2.75) is 43.9 Å². The molecular formula is C34H35F2N9O3. The van der Waals surface area contributed by atoms with Crippen molar-refractivity contribution < 1.29 is 23.0 Å². The highest BCUT2D eigenvalue weighted by atomic mass is 19.3. The van der Waals surface area contributed by atoms with Crippen molar-refractivity contribution in [3.05, 3.63) is 66.1 Å². The second kappa shape index (κ2) is 13.2. The summed E-state index contributed by atoms with van der Waals surface area (Å²) >= 11 is 0. The summed E-state index contributed by atoms with van der Waals surface area (Å²) in [5, 5.41) is 13.1. The largest absolute Gasteiger partial charge is 0.483 e. The number of benzene rings is 2. The summed E-state index contributed by atoms with van der Waals surface area (Å²) in [5.74, 6) is -3.12. The van der Waals surface area contributed by atoms with Crippen LogP contribution in [0.2, 0.25) is 0 Å². The number of hydrogen-bond acceptors (Lipinski definition) is 11. The summed E-state index contributed by atoms with van der Waals surface area (Å²) in [7, 11) is 0. The van der Waals surface area contributed by atoms with E-state index < -0.39 is 24.5 Å². The lowest BCUT2D eigenvalue weighted by molar-refractivity contribution is -0.157. The van der Waals surface area contributed by atoms with E-state index >= 15 is 8.78 Å². The average molecular weight is 656 g/mol. The zero-order chi connectivity index (χ0) is 33.3. The molecule has 0 spiro atoms. The van der Waals surface area contributed by atoms with Crippen molar-refractivity contribution in [1.82, 2.24) is 24.8 Å². The van der Waals surface area contributed by atoms with Crippen LogP contribution in [0.4, 0.5) is 26.1 Å². The molecule has 4 aliphatic rings. The molecule has 4 aliphatic heterocycles. The molecular weight excluding hydrogens is 620 g/mol. The smallest absolute Gasteiger partial charge is 0.301 e. The minimum Gasteiger partial charge on any atom is -0.483 e. The topological polar surface area (TPSA) is 132 Å². The zero-order valence-corrected chi connectivity index (χ0v) is 26.4. The third-order valence-electron chi connectivity index (χ3n) is 9.19. The Labute approximate surface area is 276 Å². The summed E-state index contributed by atoms with van der Waals surface area (Å²) in [4.78, 5) is 35.6. The van der Waals surface area contributed by atoms with Crippen LogP contribution in [0.3, 0.4) is 0 Å². The first-order valence-electron chi connectivity index (χ1n) is 16.0. The Morgan fingerprint density at radius 1 is 1.12 bits per heavy atom. The fourth-order valence-electron chi connectivity index (χ4n) is 6.44. The van der Waals surface area contributed by atoms with E-state index in [1.54, 1.807) is 12.3 Å². The molecule has 2 aromatic carbocycles. The quantitative estimate of drug-likeness (QED) is 0.379. The van der Waals surface area contributed by atoms with Gasteiger partial charge in [-0.15, -0.1) is 0 Å². The number of carbonyl (C=O) groups excluding carboxylic acids is 1. The number of piperidine rings is 1. The number of rotatable bonds is 8. The van der Waals surface area contributed by atoms with E-state index in [4.69, 9.17) is 9.47 Å². The van der Waals surface area contributed by atoms with Gasteiger partial charge in [-0.25, -0.2) is 18.7 Å². The van der Waals surface area contributed by atoms with Gasteiger partial charge in [-0.1, -0.05) is 0 Å². The minimum absolute atomic E-state index is 0.0258. The number of likely N-dealkylation sites (tertiary alicyclic amines) is 1. The van der Waals surface area contributed by atoms with Gasteiger partial charge in [0.15, 0.2) is 11.9 Å². The van der Waals surface area contributed by atoms with Crippen LogP contribution in [0.25, 0.3) is 11.4 Å². The number of nitrogens with zero attached hydrogens (tertiary/aromatic N) is 8. The van der Waals surface area contributed by atoms with Gasteiger partial charge in [-0.3, -0.25) is 14.7 Å². The molecule has 3 aromatic rings. The van der Waals surface area contributed by atoms with Gasteiger partial charge in [0.05, 0.1) is 31.4 Å². The van der Waals surface area contributed by atoms with Crippen LogP contribution in [0.1, 0.15) is 25.3 Å². The lowest BCUT2D eigenvalue weighted by Crippen LogP contribution is -2.59. The van der Waals surface area contributed by atoms with Crippen molar-refractivity contribution in [3.8, 4) is 23.2 Å². The number of nitrogens with one attached hydrogen (secondary N) is 1. The lowest BCUT2D eigenvalue weighted by Gasteiger charge is -2.46. The van der Waals surface area contributed by atoms with Crippen LogP contribution in [-0.2, 0) is 9.53 Å². The number of piperazine rings is 1. The fourth-order valence-corrected chi connectivity index (χ4v) is 6.44. The summed E-state index contributed by atoms with van der Waals surface area (Å²) in [6.45, 7) is 6.19. The first-order valence-corrected chi connectivity index (χ1v) is 16.0. The summed E-state index contributed by atoms with van der Waals surface area (Å²) in [6, 6.07) is 15.7.